The summed E-state index contributed by atoms with van der Waals surface area (Å²) >= 11 is 0. The number of hydrogen-bond donors (Lipinski definition) is 1. The number of aryl methyl sites for hydroxylation is 1. The van der Waals surface area contributed by atoms with Crippen molar-refractivity contribution in [1.29, 1.82) is 0 Å². The van der Waals surface area contributed by atoms with Gasteiger partial charge in [0.2, 0.25) is 0 Å². The van der Waals surface area contributed by atoms with Crippen LogP contribution in [0.5, 0.6) is 0 Å². The molecule has 1 aliphatic rings. The standard InChI is InChI=1S/C15H28N4/c1-12-10-16-14(15(2,3)4)11-19(12)9-7-13-6-8-17-18(13)5/h6,8,12,14,16H,7,9-11H2,1-5H3. The molecule has 4 heteroatoms. The van der Waals surface area contributed by atoms with Crippen LogP contribution < -0.4 is 5.32 Å². The van der Waals surface area contributed by atoms with Crippen molar-refractivity contribution in [3.63, 3.8) is 0 Å². The van der Waals surface area contributed by atoms with Crippen molar-refractivity contribution in [2.75, 3.05) is 19.6 Å². The molecule has 1 aromatic heterocycles. The highest BCUT2D eigenvalue weighted by Crippen LogP contribution is 2.23. The minimum Gasteiger partial charge on any atom is -0.311 e. The van der Waals surface area contributed by atoms with Crippen LogP contribution in [0.25, 0.3) is 0 Å². The number of hydrogen-bond acceptors (Lipinski definition) is 3. The van der Waals surface area contributed by atoms with E-state index in [2.05, 4.69) is 49.1 Å². The Bertz CT molecular complexity index is 405. The first-order valence-electron chi connectivity index (χ1n) is 7.32. The maximum absolute atomic E-state index is 4.24. The molecule has 1 aliphatic heterocycles. The van der Waals surface area contributed by atoms with Crippen LogP contribution in [0.3, 0.4) is 0 Å². The Morgan fingerprint density at radius 2 is 2.16 bits per heavy atom. The molecule has 2 heterocycles. The monoisotopic (exact) mass is 264 g/mol. The number of nitrogens with zero attached hydrogens (tertiary/aromatic N) is 3. The van der Waals surface area contributed by atoms with Crippen molar-refractivity contribution in [2.45, 2.75) is 46.2 Å². The van der Waals surface area contributed by atoms with Gasteiger partial charge in [-0.15, -0.1) is 0 Å². The van der Waals surface area contributed by atoms with Crippen molar-refractivity contribution in [1.82, 2.24) is 20.0 Å². The molecule has 108 valence electrons. The molecule has 1 aromatic rings. The Kier molecular flexibility index (Phi) is 4.31. The first-order valence-corrected chi connectivity index (χ1v) is 7.32. The number of piperazine rings is 1. The summed E-state index contributed by atoms with van der Waals surface area (Å²) < 4.78 is 1.98. The highest BCUT2D eigenvalue weighted by molar-refractivity contribution is 5.01. The van der Waals surface area contributed by atoms with Gasteiger partial charge in [0.15, 0.2) is 0 Å². The van der Waals surface area contributed by atoms with E-state index in [0.717, 1.165) is 26.1 Å². The maximum atomic E-state index is 4.24. The second-order valence-corrected chi connectivity index (χ2v) is 6.87. The van der Waals surface area contributed by atoms with Gasteiger partial charge >= 0.3 is 0 Å². The minimum atomic E-state index is 0.324. The Labute approximate surface area is 117 Å². The van der Waals surface area contributed by atoms with Crippen LogP contribution in [0.1, 0.15) is 33.4 Å². The van der Waals surface area contributed by atoms with E-state index < -0.39 is 0 Å². The van der Waals surface area contributed by atoms with E-state index in [1.807, 2.05) is 17.9 Å². The van der Waals surface area contributed by atoms with E-state index in [1.165, 1.54) is 5.69 Å². The predicted molar refractivity (Wildman–Crippen MR) is 79.2 cm³/mol. The molecule has 0 aliphatic carbocycles. The summed E-state index contributed by atoms with van der Waals surface area (Å²) in [6, 6.07) is 3.32. The lowest BCUT2D eigenvalue weighted by molar-refractivity contribution is 0.0944. The fourth-order valence-corrected chi connectivity index (χ4v) is 2.72. The molecule has 4 nitrogen and oxygen atoms in total. The highest BCUT2D eigenvalue weighted by atomic mass is 15.3. The summed E-state index contributed by atoms with van der Waals surface area (Å²) in [6.45, 7) is 12.6. The molecule has 2 rings (SSSR count). The van der Waals surface area contributed by atoms with E-state index in [1.54, 1.807) is 0 Å². The summed E-state index contributed by atoms with van der Waals surface area (Å²) in [5.74, 6) is 0. The van der Waals surface area contributed by atoms with Gasteiger partial charge in [-0.3, -0.25) is 9.58 Å². The summed E-state index contributed by atoms with van der Waals surface area (Å²) in [5, 5.41) is 7.92. The van der Waals surface area contributed by atoms with Crippen molar-refractivity contribution in [3.05, 3.63) is 18.0 Å². The first-order chi connectivity index (χ1) is 8.88. The van der Waals surface area contributed by atoms with Crippen molar-refractivity contribution < 1.29 is 0 Å². The summed E-state index contributed by atoms with van der Waals surface area (Å²) in [7, 11) is 2.02. The molecule has 0 amide bonds. The van der Waals surface area contributed by atoms with E-state index in [0.29, 0.717) is 17.5 Å². The van der Waals surface area contributed by atoms with Crippen LogP contribution in [0, 0.1) is 5.41 Å². The van der Waals surface area contributed by atoms with Gasteiger partial charge in [-0.25, -0.2) is 0 Å². The van der Waals surface area contributed by atoms with Crippen LogP contribution in [0.15, 0.2) is 12.3 Å². The molecular formula is C15H28N4. The molecular weight excluding hydrogens is 236 g/mol. The van der Waals surface area contributed by atoms with Crippen molar-refractivity contribution >= 4 is 0 Å². The topological polar surface area (TPSA) is 33.1 Å². The average molecular weight is 264 g/mol. The Hall–Kier alpha value is -0.870. The molecule has 1 saturated heterocycles. The fraction of sp³-hybridized carbons (Fsp3) is 0.800. The summed E-state index contributed by atoms with van der Waals surface area (Å²) in [4.78, 5) is 2.61. The quantitative estimate of drug-likeness (QED) is 0.901. The van der Waals surface area contributed by atoms with E-state index in [9.17, 15) is 0 Å². The zero-order valence-electron chi connectivity index (χ0n) is 13.0. The van der Waals surface area contributed by atoms with Crippen molar-refractivity contribution in [2.24, 2.45) is 12.5 Å². The van der Waals surface area contributed by atoms with Crippen LogP contribution >= 0.6 is 0 Å². The molecule has 19 heavy (non-hydrogen) atoms. The third-order valence-electron chi connectivity index (χ3n) is 4.32. The van der Waals surface area contributed by atoms with Crippen LogP contribution in [-0.2, 0) is 13.5 Å². The Morgan fingerprint density at radius 1 is 1.42 bits per heavy atom. The summed E-state index contributed by atoms with van der Waals surface area (Å²) in [6.07, 6.45) is 2.96. The van der Waals surface area contributed by atoms with E-state index >= 15 is 0 Å². The van der Waals surface area contributed by atoms with Gasteiger partial charge in [0.05, 0.1) is 0 Å². The van der Waals surface area contributed by atoms with Gasteiger partial charge < -0.3 is 5.32 Å². The van der Waals surface area contributed by atoms with Gasteiger partial charge in [0, 0.05) is 57.1 Å². The van der Waals surface area contributed by atoms with Crippen LogP contribution in [-0.4, -0.2) is 46.4 Å². The largest absolute Gasteiger partial charge is 0.311 e. The van der Waals surface area contributed by atoms with E-state index in [-0.39, 0.29) is 0 Å². The number of nitrogens with one attached hydrogen (secondary N) is 1. The molecule has 0 saturated carbocycles. The molecule has 2 unspecified atom stereocenters. The predicted octanol–water partition coefficient (Wildman–Crippen LogP) is 1.67. The first kappa shape index (κ1) is 14.5. The van der Waals surface area contributed by atoms with Crippen LogP contribution in [0.4, 0.5) is 0 Å². The lowest BCUT2D eigenvalue weighted by Gasteiger charge is -2.44. The van der Waals surface area contributed by atoms with Gasteiger partial charge in [-0.05, 0) is 18.4 Å². The van der Waals surface area contributed by atoms with Gasteiger partial charge in [-0.1, -0.05) is 20.8 Å². The van der Waals surface area contributed by atoms with Gasteiger partial charge in [-0.2, -0.15) is 5.10 Å². The lowest BCUT2D eigenvalue weighted by Crippen LogP contribution is -2.59. The van der Waals surface area contributed by atoms with Crippen molar-refractivity contribution in [3.8, 4) is 0 Å². The molecule has 2 atom stereocenters. The zero-order valence-corrected chi connectivity index (χ0v) is 13.0. The summed E-state index contributed by atoms with van der Waals surface area (Å²) in [5.41, 5.74) is 1.64. The highest BCUT2D eigenvalue weighted by Gasteiger charge is 2.32. The zero-order chi connectivity index (χ0) is 14.0. The molecule has 0 aromatic carbocycles. The molecule has 1 fully saturated rings. The third kappa shape index (κ3) is 3.57. The number of aromatic nitrogens is 2. The normalized spacial score (nSPS) is 25.7. The molecule has 0 spiro atoms. The average Bonchev–Trinajstić information content (AvgIpc) is 2.72. The fourth-order valence-electron chi connectivity index (χ4n) is 2.72. The molecule has 0 radical (unpaired) electrons. The second kappa shape index (κ2) is 5.63. The SMILES string of the molecule is CC1CNC(C(C)(C)C)CN1CCc1ccnn1C. The lowest BCUT2D eigenvalue weighted by atomic mass is 9.85. The molecule has 1 N–H and O–H groups in total. The van der Waals surface area contributed by atoms with Crippen LogP contribution in [0.2, 0.25) is 0 Å². The smallest absolute Gasteiger partial charge is 0.0492 e. The second-order valence-electron chi connectivity index (χ2n) is 6.87. The van der Waals surface area contributed by atoms with E-state index in [4.69, 9.17) is 0 Å². The maximum Gasteiger partial charge on any atom is 0.0492 e. The third-order valence-corrected chi connectivity index (χ3v) is 4.32. The van der Waals surface area contributed by atoms with Gasteiger partial charge in [0.25, 0.3) is 0 Å². The minimum absolute atomic E-state index is 0.324. The molecule has 0 bridgehead atoms. The Morgan fingerprint density at radius 3 is 2.74 bits per heavy atom. The number of rotatable bonds is 3. The van der Waals surface area contributed by atoms with Gasteiger partial charge in [0.1, 0.15) is 0 Å². The Balaban J connectivity index is 1.93.